The van der Waals surface area contributed by atoms with Crippen molar-refractivity contribution in [2.45, 2.75) is 27.2 Å². The van der Waals surface area contributed by atoms with Gasteiger partial charge >= 0.3 is 11.9 Å². The Labute approximate surface area is 233 Å². The molecule has 208 valence electrons. The Morgan fingerprint density at radius 3 is 2.15 bits per heavy atom. The average molecular weight is 545 g/mol. The predicted molar refractivity (Wildman–Crippen MR) is 149 cm³/mol. The zero-order chi connectivity index (χ0) is 28.6. The maximum Gasteiger partial charge on any atom is 0.338 e. The number of hydrogen-bond donors (Lipinski definition) is 1. The van der Waals surface area contributed by atoms with Crippen LogP contribution in [0.4, 0.5) is 11.4 Å². The summed E-state index contributed by atoms with van der Waals surface area (Å²) in [7, 11) is 0. The van der Waals surface area contributed by atoms with Gasteiger partial charge in [0.2, 0.25) is 5.91 Å². The summed E-state index contributed by atoms with van der Waals surface area (Å²) in [6, 6.07) is 21.0. The molecule has 0 bridgehead atoms. The summed E-state index contributed by atoms with van der Waals surface area (Å²) in [5.41, 5.74) is 2.59. The van der Waals surface area contributed by atoms with E-state index in [9.17, 15) is 19.2 Å². The molecule has 2 amide bonds. The Morgan fingerprint density at radius 1 is 0.900 bits per heavy atom. The molecule has 9 heteroatoms. The van der Waals surface area contributed by atoms with Crippen molar-refractivity contribution in [2.24, 2.45) is 11.8 Å². The molecule has 40 heavy (non-hydrogen) atoms. The first-order valence-electron chi connectivity index (χ1n) is 13.1. The number of hydrogen-bond acceptors (Lipinski definition) is 7. The van der Waals surface area contributed by atoms with Crippen molar-refractivity contribution >= 4 is 35.1 Å². The van der Waals surface area contributed by atoms with Crippen LogP contribution in [0.25, 0.3) is 0 Å². The molecule has 0 spiro atoms. The third-order valence-electron chi connectivity index (χ3n) is 6.16. The van der Waals surface area contributed by atoms with E-state index in [2.05, 4.69) is 5.32 Å². The van der Waals surface area contributed by atoms with Crippen molar-refractivity contribution in [1.29, 1.82) is 0 Å². The van der Waals surface area contributed by atoms with Gasteiger partial charge in [-0.2, -0.15) is 0 Å². The topological polar surface area (TPSA) is 111 Å². The number of benzene rings is 3. The van der Waals surface area contributed by atoms with Crippen LogP contribution in [-0.2, 0) is 23.9 Å². The molecule has 1 heterocycles. The zero-order valence-electron chi connectivity index (χ0n) is 22.7. The van der Waals surface area contributed by atoms with Crippen molar-refractivity contribution < 1.29 is 33.4 Å². The van der Waals surface area contributed by atoms with Gasteiger partial charge in [-0.05, 0) is 73.5 Å². The van der Waals surface area contributed by atoms with E-state index in [0.29, 0.717) is 35.0 Å². The van der Waals surface area contributed by atoms with E-state index >= 15 is 0 Å². The number of esters is 2. The fourth-order valence-corrected chi connectivity index (χ4v) is 4.02. The van der Waals surface area contributed by atoms with E-state index in [1.165, 1.54) is 4.90 Å². The lowest BCUT2D eigenvalue weighted by Gasteiger charge is -2.17. The minimum atomic E-state index is -0.681. The number of carbonyl (C=O) groups excluding carboxylic acids is 4. The maximum absolute atomic E-state index is 12.6. The van der Waals surface area contributed by atoms with Crippen LogP contribution in [0.3, 0.4) is 0 Å². The summed E-state index contributed by atoms with van der Waals surface area (Å²) in [4.78, 5) is 51.0. The summed E-state index contributed by atoms with van der Waals surface area (Å²) < 4.78 is 16.2. The Kier molecular flexibility index (Phi) is 9.16. The van der Waals surface area contributed by atoms with E-state index < -0.39 is 30.4 Å². The second kappa shape index (κ2) is 12.9. The molecule has 0 saturated carbocycles. The van der Waals surface area contributed by atoms with Gasteiger partial charge in [-0.3, -0.25) is 14.4 Å². The summed E-state index contributed by atoms with van der Waals surface area (Å²) in [5, 5.41) is 2.62. The number of amides is 2. The molecule has 1 fully saturated rings. The second-order valence-electron chi connectivity index (χ2n) is 10.0. The van der Waals surface area contributed by atoms with Crippen LogP contribution >= 0.6 is 0 Å². The fourth-order valence-electron chi connectivity index (χ4n) is 4.02. The molecule has 0 aliphatic carbocycles. The van der Waals surface area contributed by atoms with Crippen molar-refractivity contribution in [3.63, 3.8) is 0 Å². The van der Waals surface area contributed by atoms with E-state index in [1.807, 2.05) is 45.0 Å². The Morgan fingerprint density at radius 2 is 1.52 bits per heavy atom. The first-order valence-corrected chi connectivity index (χ1v) is 13.1. The third-order valence-corrected chi connectivity index (χ3v) is 6.16. The summed E-state index contributed by atoms with van der Waals surface area (Å²) in [5.74, 6) is -0.907. The van der Waals surface area contributed by atoms with Gasteiger partial charge in [0, 0.05) is 24.3 Å². The van der Waals surface area contributed by atoms with Crippen LogP contribution < -0.4 is 15.0 Å². The highest BCUT2D eigenvalue weighted by Gasteiger charge is 2.36. The van der Waals surface area contributed by atoms with Gasteiger partial charge in [0.15, 0.2) is 6.61 Å². The van der Waals surface area contributed by atoms with Crippen LogP contribution in [0.1, 0.15) is 36.2 Å². The molecule has 1 aliphatic heterocycles. The first kappa shape index (κ1) is 28.4. The number of nitrogens with one attached hydrogen (secondary N) is 1. The van der Waals surface area contributed by atoms with Gasteiger partial charge in [-0.15, -0.1) is 0 Å². The summed E-state index contributed by atoms with van der Waals surface area (Å²) in [6.07, 6.45) is -0.00353. The number of carbonyl (C=O) groups is 4. The number of rotatable bonds is 10. The standard InChI is InChI=1S/C31H32N2O7/c1-20(2)18-38-30(36)22-6-8-24(9-7-22)32-28(34)19-39-31(37)23-16-29(35)33(17-23)25-10-14-27(15-11-25)40-26-12-4-21(3)5-13-26/h4-15,20,23H,16-19H2,1-3H3,(H,32,34)/t23-/m1/s1. The lowest BCUT2D eigenvalue weighted by atomic mass is 10.1. The van der Waals surface area contributed by atoms with Crippen molar-refractivity contribution in [3.05, 3.63) is 83.9 Å². The molecule has 3 aromatic rings. The Bertz CT molecular complexity index is 1350. The number of nitrogens with zero attached hydrogens (tertiary/aromatic N) is 1. The largest absolute Gasteiger partial charge is 0.462 e. The zero-order valence-corrected chi connectivity index (χ0v) is 22.7. The molecule has 0 radical (unpaired) electrons. The van der Waals surface area contributed by atoms with E-state index in [0.717, 1.165) is 5.56 Å². The minimum Gasteiger partial charge on any atom is -0.462 e. The van der Waals surface area contributed by atoms with Gasteiger partial charge < -0.3 is 24.4 Å². The van der Waals surface area contributed by atoms with E-state index in [-0.39, 0.29) is 24.8 Å². The van der Waals surface area contributed by atoms with Crippen LogP contribution in [0.15, 0.2) is 72.8 Å². The summed E-state index contributed by atoms with van der Waals surface area (Å²) >= 11 is 0. The molecule has 0 aromatic heterocycles. The van der Waals surface area contributed by atoms with E-state index in [1.54, 1.807) is 48.5 Å². The minimum absolute atomic E-state index is 0.00353. The molecule has 3 aromatic carbocycles. The van der Waals surface area contributed by atoms with Gasteiger partial charge in [0.1, 0.15) is 11.5 Å². The van der Waals surface area contributed by atoms with Crippen LogP contribution in [0.5, 0.6) is 11.5 Å². The normalized spacial score (nSPS) is 14.7. The Hall–Kier alpha value is -4.66. The number of anilines is 2. The Balaban J connectivity index is 1.23. The highest BCUT2D eigenvalue weighted by molar-refractivity contribution is 6.00. The SMILES string of the molecule is Cc1ccc(Oc2ccc(N3C[C@H](C(=O)OCC(=O)Nc4ccc(C(=O)OCC(C)C)cc4)CC3=O)cc2)cc1. The van der Waals surface area contributed by atoms with Gasteiger partial charge in [0.25, 0.3) is 5.91 Å². The maximum atomic E-state index is 12.6. The lowest BCUT2D eigenvalue weighted by Crippen LogP contribution is -2.28. The summed E-state index contributed by atoms with van der Waals surface area (Å²) in [6.45, 7) is 5.88. The number of ether oxygens (including phenoxy) is 3. The molecule has 0 unspecified atom stereocenters. The molecule has 9 nitrogen and oxygen atoms in total. The molecular weight excluding hydrogens is 512 g/mol. The fraction of sp³-hybridized carbons (Fsp3) is 0.290. The van der Waals surface area contributed by atoms with Gasteiger partial charge in [-0.25, -0.2) is 4.79 Å². The third kappa shape index (κ3) is 7.69. The lowest BCUT2D eigenvalue weighted by molar-refractivity contribution is -0.151. The van der Waals surface area contributed by atoms with E-state index in [4.69, 9.17) is 14.2 Å². The van der Waals surface area contributed by atoms with Gasteiger partial charge in [0.05, 0.1) is 18.1 Å². The molecule has 1 N–H and O–H groups in total. The second-order valence-corrected chi connectivity index (χ2v) is 10.0. The molecular formula is C31H32N2O7. The van der Waals surface area contributed by atoms with Gasteiger partial charge in [-0.1, -0.05) is 31.5 Å². The average Bonchev–Trinajstić information content (AvgIpc) is 3.34. The highest BCUT2D eigenvalue weighted by atomic mass is 16.5. The van der Waals surface area contributed by atoms with Crippen LogP contribution in [-0.4, -0.2) is 43.5 Å². The van der Waals surface area contributed by atoms with Crippen molar-refractivity contribution in [3.8, 4) is 11.5 Å². The highest BCUT2D eigenvalue weighted by Crippen LogP contribution is 2.29. The predicted octanol–water partition coefficient (Wildman–Crippen LogP) is 5.13. The van der Waals surface area contributed by atoms with Crippen LogP contribution in [0, 0.1) is 18.8 Å². The quantitative estimate of drug-likeness (QED) is 0.352. The molecule has 1 aliphatic rings. The smallest absolute Gasteiger partial charge is 0.338 e. The molecule has 1 saturated heterocycles. The van der Waals surface area contributed by atoms with Crippen LogP contribution in [0.2, 0.25) is 0 Å². The number of aryl methyl sites for hydroxylation is 1. The van der Waals surface area contributed by atoms with Crippen molar-refractivity contribution in [2.75, 3.05) is 30.0 Å². The molecule has 1 atom stereocenters. The van der Waals surface area contributed by atoms with Crippen molar-refractivity contribution in [1.82, 2.24) is 0 Å². The monoisotopic (exact) mass is 544 g/mol. The first-order chi connectivity index (χ1) is 19.2. The molecule has 4 rings (SSSR count).